The van der Waals surface area contributed by atoms with E-state index < -0.39 is 11.9 Å². The van der Waals surface area contributed by atoms with Gasteiger partial charge in [0.05, 0.1) is 19.2 Å². The lowest BCUT2D eigenvalue weighted by Crippen LogP contribution is -2.57. The van der Waals surface area contributed by atoms with Crippen LogP contribution in [-0.2, 0) is 28.7 Å². The molecule has 3 rings (SSSR count). The van der Waals surface area contributed by atoms with Crippen molar-refractivity contribution in [3.8, 4) is 11.8 Å². The van der Waals surface area contributed by atoms with Crippen LogP contribution in [0.3, 0.4) is 0 Å². The van der Waals surface area contributed by atoms with Crippen molar-refractivity contribution in [3.63, 3.8) is 0 Å². The predicted molar refractivity (Wildman–Crippen MR) is 118 cm³/mol. The molecule has 0 radical (unpaired) electrons. The largest absolute Gasteiger partial charge is 0.480 e. The number of ether oxygens (including phenoxy) is 2. The molecule has 182 valence electrons. The second-order valence-electron chi connectivity index (χ2n) is 9.12. The number of hydrogen-bond acceptors (Lipinski definition) is 7. The first-order valence-electron chi connectivity index (χ1n) is 11.8. The van der Waals surface area contributed by atoms with Crippen molar-refractivity contribution >= 4 is 23.8 Å². The van der Waals surface area contributed by atoms with Gasteiger partial charge in [0.1, 0.15) is 6.61 Å². The van der Waals surface area contributed by atoms with Crippen LogP contribution in [0.25, 0.3) is 0 Å². The molecule has 0 bridgehead atoms. The molecule has 1 aliphatic heterocycles. The molecule has 9 heteroatoms. The van der Waals surface area contributed by atoms with Gasteiger partial charge in [0.25, 0.3) is 0 Å². The molecule has 0 aromatic heterocycles. The summed E-state index contributed by atoms with van der Waals surface area (Å²) in [4.78, 5) is 50.4. The smallest absolute Gasteiger partial charge is 0.317 e. The molecule has 3 aliphatic rings. The first kappa shape index (κ1) is 25.0. The van der Waals surface area contributed by atoms with E-state index in [0.717, 1.165) is 25.7 Å². The SMILES string of the molecule is CC(=O)OCC1CN(C(=O)CCCC(=O)OCC2[C@H]3CCC#CCC[C@@H]23)CCN1CC(=O)O. The number of piperazine rings is 1. The van der Waals surface area contributed by atoms with Gasteiger partial charge >= 0.3 is 17.9 Å². The number of nitrogens with zero attached hydrogens (tertiary/aromatic N) is 2. The summed E-state index contributed by atoms with van der Waals surface area (Å²) in [6.07, 6.45) is 4.87. The van der Waals surface area contributed by atoms with E-state index in [2.05, 4.69) is 11.8 Å². The standard InChI is InChI=1S/C24H34N2O7/c1-17(27)32-15-18-13-26(12-11-25(18)14-23(29)30)22(28)9-6-10-24(31)33-16-21-19-7-4-2-3-5-8-20(19)21/h18-21H,4-16H2,1H3,(H,29,30)/t18?,19-,20+,21?. The maximum atomic E-state index is 12.6. The fraction of sp³-hybridized carbons (Fsp3) is 0.750. The highest BCUT2D eigenvalue weighted by Crippen LogP contribution is 2.52. The van der Waals surface area contributed by atoms with E-state index in [-0.39, 0.29) is 50.5 Å². The third-order valence-electron chi connectivity index (χ3n) is 6.82. The number of esters is 2. The van der Waals surface area contributed by atoms with Gasteiger partial charge in [-0.1, -0.05) is 0 Å². The molecule has 2 aliphatic carbocycles. The molecule has 2 fully saturated rings. The molecule has 1 saturated carbocycles. The average molecular weight is 463 g/mol. The zero-order valence-electron chi connectivity index (χ0n) is 19.3. The third-order valence-corrected chi connectivity index (χ3v) is 6.82. The van der Waals surface area contributed by atoms with Crippen molar-refractivity contribution in [3.05, 3.63) is 0 Å². The van der Waals surface area contributed by atoms with Gasteiger partial charge in [-0.15, -0.1) is 11.8 Å². The minimum Gasteiger partial charge on any atom is -0.480 e. The summed E-state index contributed by atoms with van der Waals surface area (Å²) in [5.41, 5.74) is 0. The summed E-state index contributed by atoms with van der Waals surface area (Å²) in [5.74, 6) is 6.30. The number of aliphatic carboxylic acids is 1. The lowest BCUT2D eigenvalue weighted by molar-refractivity contribution is -0.146. The quantitative estimate of drug-likeness (QED) is 0.382. The van der Waals surface area contributed by atoms with Gasteiger partial charge in [0.2, 0.25) is 5.91 Å². The van der Waals surface area contributed by atoms with E-state index in [1.165, 1.54) is 6.92 Å². The second kappa shape index (κ2) is 12.0. The lowest BCUT2D eigenvalue weighted by Gasteiger charge is -2.40. The molecular weight excluding hydrogens is 428 g/mol. The second-order valence-corrected chi connectivity index (χ2v) is 9.12. The van der Waals surface area contributed by atoms with Gasteiger partial charge in [0.15, 0.2) is 0 Å². The van der Waals surface area contributed by atoms with Crippen LogP contribution in [0.1, 0.15) is 51.9 Å². The third kappa shape index (κ3) is 7.74. The molecule has 33 heavy (non-hydrogen) atoms. The number of carbonyl (C=O) groups excluding carboxylic acids is 3. The first-order valence-corrected chi connectivity index (χ1v) is 11.8. The topological polar surface area (TPSA) is 113 Å². The van der Waals surface area contributed by atoms with E-state index in [1.807, 2.05) is 0 Å². The highest BCUT2D eigenvalue weighted by atomic mass is 16.5. The van der Waals surface area contributed by atoms with E-state index in [4.69, 9.17) is 14.6 Å². The van der Waals surface area contributed by atoms with E-state index >= 15 is 0 Å². The van der Waals surface area contributed by atoms with Crippen LogP contribution in [0.4, 0.5) is 0 Å². The van der Waals surface area contributed by atoms with Gasteiger partial charge < -0.3 is 19.5 Å². The van der Waals surface area contributed by atoms with E-state index in [1.54, 1.807) is 9.80 Å². The molecule has 0 spiro atoms. The fourth-order valence-electron chi connectivity index (χ4n) is 4.96. The van der Waals surface area contributed by atoms with Crippen LogP contribution in [0, 0.1) is 29.6 Å². The van der Waals surface area contributed by atoms with Crippen LogP contribution in [-0.4, -0.2) is 84.2 Å². The summed E-state index contributed by atoms with van der Waals surface area (Å²) in [7, 11) is 0. The van der Waals surface area contributed by atoms with Crippen LogP contribution in [0.15, 0.2) is 0 Å². The number of fused-ring (bicyclic) bond motifs is 1. The van der Waals surface area contributed by atoms with Crippen molar-refractivity contribution in [2.75, 3.05) is 39.4 Å². The van der Waals surface area contributed by atoms with Crippen molar-refractivity contribution in [1.82, 2.24) is 9.80 Å². The Kier molecular flexibility index (Phi) is 9.12. The maximum absolute atomic E-state index is 12.6. The molecule has 1 heterocycles. The molecule has 0 aromatic rings. The molecule has 9 nitrogen and oxygen atoms in total. The number of carboxylic acid groups (broad SMARTS) is 1. The Morgan fingerprint density at radius 2 is 1.67 bits per heavy atom. The molecule has 2 unspecified atom stereocenters. The molecule has 1 N–H and O–H groups in total. The minimum atomic E-state index is -0.967. The van der Waals surface area contributed by atoms with E-state index in [0.29, 0.717) is 43.9 Å². The van der Waals surface area contributed by atoms with Gasteiger partial charge in [0, 0.05) is 52.2 Å². The zero-order valence-corrected chi connectivity index (χ0v) is 19.3. The van der Waals surface area contributed by atoms with Gasteiger partial charge in [-0.25, -0.2) is 0 Å². The number of rotatable bonds is 10. The number of amides is 1. The molecule has 0 aromatic carbocycles. The fourth-order valence-corrected chi connectivity index (χ4v) is 4.96. The Morgan fingerprint density at radius 1 is 0.970 bits per heavy atom. The van der Waals surface area contributed by atoms with Crippen LogP contribution < -0.4 is 0 Å². The Hall–Kier alpha value is -2.60. The summed E-state index contributed by atoms with van der Waals surface area (Å²) in [6, 6.07) is -0.367. The number of hydrogen-bond donors (Lipinski definition) is 1. The normalized spacial score (nSPS) is 26.6. The molecular formula is C24H34N2O7. The van der Waals surface area contributed by atoms with Gasteiger partial charge in [-0.05, 0) is 37.0 Å². The summed E-state index contributed by atoms with van der Waals surface area (Å²) in [5, 5.41) is 9.09. The summed E-state index contributed by atoms with van der Waals surface area (Å²) < 4.78 is 10.5. The lowest BCUT2D eigenvalue weighted by atomic mass is 10.1. The first-order chi connectivity index (χ1) is 15.8. The Morgan fingerprint density at radius 3 is 2.30 bits per heavy atom. The molecule has 1 amide bonds. The van der Waals surface area contributed by atoms with Crippen molar-refractivity contribution < 1.29 is 33.8 Å². The Bertz CT molecular complexity index is 784. The number of carbonyl (C=O) groups is 4. The predicted octanol–water partition coefficient (Wildman–Crippen LogP) is 1.30. The van der Waals surface area contributed by atoms with Crippen LogP contribution in [0.2, 0.25) is 0 Å². The van der Waals surface area contributed by atoms with Crippen LogP contribution >= 0.6 is 0 Å². The highest BCUT2D eigenvalue weighted by molar-refractivity contribution is 5.77. The highest BCUT2D eigenvalue weighted by Gasteiger charge is 2.49. The van der Waals surface area contributed by atoms with Crippen LogP contribution in [0.5, 0.6) is 0 Å². The summed E-state index contributed by atoms with van der Waals surface area (Å²) >= 11 is 0. The van der Waals surface area contributed by atoms with Gasteiger partial charge in [-0.2, -0.15) is 0 Å². The maximum Gasteiger partial charge on any atom is 0.317 e. The minimum absolute atomic E-state index is 0.0357. The summed E-state index contributed by atoms with van der Waals surface area (Å²) in [6.45, 7) is 2.70. The molecule has 1 saturated heterocycles. The van der Waals surface area contributed by atoms with Crippen molar-refractivity contribution in [2.45, 2.75) is 57.9 Å². The number of carboxylic acids is 1. The van der Waals surface area contributed by atoms with Crippen molar-refractivity contribution in [2.24, 2.45) is 17.8 Å². The average Bonchev–Trinajstić information content (AvgIpc) is 3.39. The monoisotopic (exact) mass is 462 g/mol. The zero-order chi connectivity index (χ0) is 23.8. The molecule has 4 atom stereocenters. The van der Waals surface area contributed by atoms with Crippen molar-refractivity contribution in [1.29, 1.82) is 0 Å². The Balaban J connectivity index is 1.35. The van der Waals surface area contributed by atoms with E-state index in [9.17, 15) is 19.2 Å². The van der Waals surface area contributed by atoms with Gasteiger partial charge in [-0.3, -0.25) is 24.1 Å². The Labute approximate surface area is 194 Å².